The van der Waals surface area contributed by atoms with E-state index >= 15 is 0 Å². The van der Waals surface area contributed by atoms with E-state index in [1.54, 1.807) is 13.2 Å². The third kappa shape index (κ3) is 2.19. The van der Waals surface area contributed by atoms with Crippen molar-refractivity contribution in [3.05, 3.63) is 60.3 Å². The summed E-state index contributed by atoms with van der Waals surface area (Å²) < 4.78 is 5.15. The summed E-state index contributed by atoms with van der Waals surface area (Å²) in [5.41, 5.74) is 3.63. The molecule has 3 rings (SSSR count). The molecule has 1 aromatic heterocycles. The molecule has 0 atom stereocenters. The van der Waals surface area contributed by atoms with Crippen molar-refractivity contribution in [1.29, 1.82) is 5.26 Å². The van der Waals surface area contributed by atoms with Crippen LogP contribution in [-0.2, 0) is 0 Å². The first-order valence-electron chi connectivity index (χ1n) is 6.24. The molecule has 0 saturated heterocycles. The fourth-order valence-corrected chi connectivity index (χ4v) is 2.14. The molecule has 0 fully saturated rings. The molecular formula is C17H12N2O. The Kier molecular flexibility index (Phi) is 3.06. The lowest BCUT2D eigenvalue weighted by Crippen LogP contribution is -1.85. The van der Waals surface area contributed by atoms with E-state index in [1.807, 2.05) is 48.7 Å². The number of hydrogen-bond donors (Lipinski definition) is 0. The van der Waals surface area contributed by atoms with Crippen LogP contribution in [0.4, 0.5) is 0 Å². The van der Waals surface area contributed by atoms with Crippen molar-refractivity contribution >= 4 is 10.9 Å². The van der Waals surface area contributed by atoms with Gasteiger partial charge in [0.2, 0.25) is 0 Å². The standard InChI is InChI=1S/C17H12N2O/c1-20-16-5-3-13(4-6-16)15-9-14-8-12(10-18)2-7-17(14)19-11-15/h2-9,11H,1H3. The second-order valence-electron chi connectivity index (χ2n) is 4.47. The third-order valence-electron chi connectivity index (χ3n) is 3.23. The van der Waals surface area contributed by atoms with Crippen LogP contribution in [0.15, 0.2) is 54.7 Å². The van der Waals surface area contributed by atoms with Gasteiger partial charge in [0.15, 0.2) is 0 Å². The zero-order valence-corrected chi connectivity index (χ0v) is 11.0. The van der Waals surface area contributed by atoms with Gasteiger partial charge in [-0.2, -0.15) is 5.26 Å². The van der Waals surface area contributed by atoms with E-state index in [-0.39, 0.29) is 0 Å². The van der Waals surface area contributed by atoms with E-state index in [0.717, 1.165) is 27.8 Å². The first kappa shape index (κ1) is 12.2. The van der Waals surface area contributed by atoms with Gasteiger partial charge in [0, 0.05) is 17.1 Å². The van der Waals surface area contributed by atoms with Gasteiger partial charge in [-0.1, -0.05) is 12.1 Å². The van der Waals surface area contributed by atoms with Crippen molar-refractivity contribution in [2.75, 3.05) is 7.11 Å². The third-order valence-corrected chi connectivity index (χ3v) is 3.23. The van der Waals surface area contributed by atoms with E-state index < -0.39 is 0 Å². The molecule has 0 aliphatic carbocycles. The average Bonchev–Trinajstić information content (AvgIpc) is 2.54. The highest BCUT2D eigenvalue weighted by Gasteiger charge is 2.02. The number of nitriles is 1. The quantitative estimate of drug-likeness (QED) is 0.704. The summed E-state index contributed by atoms with van der Waals surface area (Å²) in [6, 6.07) is 17.5. The molecule has 0 aliphatic heterocycles. The molecule has 3 nitrogen and oxygen atoms in total. The Morgan fingerprint density at radius 2 is 1.80 bits per heavy atom. The van der Waals surface area contributed by atoms with Crippen molar-refractivity contribution in [3.63, 3.8) is 0 Å². The highest BCUT2D eigenvalue weighted by Crippen LogP contribution is 2.25. The van der Waals surface area contributed by atoms with E-state index in [1.165, 1.54) is 0 Å². The maximum atomic E-state index is 8.96. The smallest absolute Gasteiger partial charge is 0.118 e. The Balaban J connectivity index is 2.09. The summed E-state index contributed by atoms with van der Waals surface area (Å²) in [4.78, 5) is 4.43. The van der Waals surface area contributed by atoms with E-state index in [0.29, 0.717) is 5.56 Å². The Morgan fingerprint density at radius 1 is 1.00 bits per heavy atom. The Labute approximate surface area is 117 Å². The normalized spacial score (nSPS) is 10.2. The number of aromatic nitrogens is 1. The molecule has 1 heterocycles. The van der Waals surface area contributed by atoms with Gasteiger partial charge < -0.3 is 4.74 Å². The number of ether oxygens (including phenoxy) is 1. The summed E-state index contributed by atoms with van der Waals surface area (Å²) in [5.74, 6) is 0.828. The van der Waals surface area contributed by atoms with Gasteiger partial charge in [-0.05, 0) is 42.0 Å². The maximum Gasteiger partial charge on any atom is 0.118 e. The fourth-order valence-electron chi connectivity index (χ4n) is 2.14. The zero-order chi connectivity index (χ0) is 13.9. The molecule has 0 spiro atoms. The topological polar surface area (TPSA) is 45.9 Å². The van der Waals surface area contributed by atoms with Crippen LogP contribution >= 0.6 is 0 Å². The minimum Gasteiger partial charge on any atom is -0.497 e. The number of pyridine rings is 1. The average molecular weight is 260 g/mol. The zero-order valence-electron chi connectivity index (χ0n) is 11.0. The van der Waals surface area contributed by atoms with Crippen LogP contribution in [0, 0.1) is 11.3 Å². The number of hydrogen-bond acceptors (Lipinski definition) is 3. The molecule has 3 aromatic rings. The van der Waals surface area contributed by atoms with Crippen LogP contribution in [0.3, 0.4) is 0 Å². The van der Waals surface area contributed by atoms with Crippen LogP contribution in [0.5, 0.6) is 5.75 Å². The molecule has 3 heteroatoms. The second-order valence-corrected chi connectivity index (χ2v) is 4.47. The summed E-state index contributed by atoms with van der Waals surface area (Å²) >= 11 is 0. The fraction of sp³-hybridized carbons (Fsp3) is 0.0588. The van der Waals surface area contributed by atoms with Crippen molar-refractivity contribution in [2.45, 2.75) is 0 Å². The van der Waals surface area contributed by atoms with Crippen LogP contribution in [-0.4, -0.2) is 12.1 Å². The van der Waals surface area contributed by atoms with Crippen LogP contribution in [0.25, 0.3) is 22.0 Å². The Bertz CT molecular complexity index is 801. The lowest BCUT2D eigenvalue weighted by atomic mass is 10.0. The van der Waals surface area contributed by atoms with E-state index in [4.69, 9.17) is 10.00 Å². The van der Waals surface area contributed by atoms with Crippen molar-refractivity contribution < 1.29 is 4.74 Å². The number of methoxy groups -OCH3 is 1. The maximum absolute atomic E-state index is 8.96. The van der Waals surface area contributed by atoms with E-state index in [9.17, 15) is 0 Å². The predicted octanol–water partition coefficient (Wildman–Crippen LogP) is 3.78. The molecule has 0 saturated carbocycles. The summed E-state index contributed by atoms with van der Waals surface area (Å²) in [5, 5.41) is 9.93. The van der Waals surface area contributed by atoms with Gasteiger partial charge in [0.05, 0.1) is 24.3 Å². The van der Waals surface area contributed by atoms with Gasteiger partial charge in [-0.25, -0.2) is 0 Å². The van der Waals surface area contributed by atoms with Crippen LogP contribution in [0.2, 0.25) is 0 Å². The summed E-state index contributed by atoms with van der Waals surface area (Å²) in [6.45, 7) is 0. The highest BCUT2D eigenvalue weighted by atomic mass is 16.5. The first-order chi connectivity index (χ1) is 9.80. The van der Waals surface area contributed by atoms with E-state index in [2.05, 4.69) is 11.1 Å². The SMILES string of the molecule is COc1ccc(-c2cnc3ccc(C#N)cc3c2)cc1. The molecule has 0 amide bonds. The van der Waals surface area contributed by atoms with Crippen LogP contribution in [0.1, 0.15) is 5.56 Å². The van der Waals surface area contributed by atoms with Crippen molar-refractivity contribution in [2.24, 2.45) is 0 Å². The monoisotopic (exact) mass is 260 g/mol. The number of rotatable bonds is 2. The van der Waals surface area contributed by atoms with Crippen molar-refractivity contribution in [1.82, 2.24) is 4.98 Å². The molecular weight excluding hydrogens is 248 g/mol. The van der Waals surface area contributed by atoms with Gasteiger partial charge >= 0.3 is 0 Å². The summed E-state index contributed by atoms with van der Waals surface area (Å²) in [7, 11) is 1.65. The number of nitrogens with zero attached hydrogens (tertiary/aromatic N) is 2. The molecule has 0 N–H and O–H groups in total. The molecule has 2 aromatic carbocycles. The largest absolute Gasteiger partial charge is 0.497 e. The van der Waals surface area contributed by atoms with Crippen molar-refractivity contribution in [3.8, 4) is 22.9 Å². The highest BCUT2D eigenvalue weighted by molar-refractivity contribution is 5.84. The van der Waals surface area contributed by atoms with Gasteiger partial charge in [-0.3, -0.25) is 4.98 Å². The second kappa shape index (κ2) is 5.02. The predicted molar refractivity (Wildman–Crippen MR) is 78.4 cm³/mol. The minimum absolute atomic E-state index is 0.645. The number of fused-ring (bicyclic) bond motifs is 1. The lowest BCUT2D eigenvalue weighted by Gasteiger charge is -2.05. The van der Waals surface area contributed by atoms with Gasteiger partial charge in [0.25, 0.3) is 0 Å². The lowest BCUT2D eigenvalue weighted by molar-refractivity contribution is 0.415. The van der Waals surface area contributed by atoms with Gasteiger partial charge in [0.1, 0.15) is 5.75 Å². The first-order valence-corrected chi connectivity index (χ1v) is 6.24. The molecule has 96 valence electrons. The van der Waals surface area contributed by atoms with Crippen LogP contribution < -0.4 is 4.74 Å². The number of benzene rings is 2. The Hall–Kier alpha value is -2.86. The molecule has 20 heavy (non-hydrogen) atoms. The minimum atomic E-state index is 0.645. The molecule has 0 bridgehead atoms. The van der Waals surface area contributed by atoms with Gasteiger partial charge in [-0.15, -0.1) is 0 Å². The molecule has 0 radical (unpaired) electrons. The summed E-state index contributed by atoms with van der Waals surface area (Å²) in [6.07, 6.45) is 1.84. The Morgan fingerprint density at radius 3 is 2.50 bits per heavy atom. The molecule has 0 aliphatic rings. The molecule has 0 unspecified atom stereocenters.